The van der Waals surface area contributed by atoms with Crippen molar-refractivity contribution in [2.45, 2.75) is 49.6 Å². The highest BCUT2D eigenvalue weighted by molar-refractivity contribution is 9.10. The summed E-state index contributed by atoms with van der Waals surface area (Å²) in [4.78, 5) is 0.107. The lowest BCUT2D eigenvalue weighted by Gasteiger charge is -2.31. The number of halogens is 1. The zero-order chi connectivity index (χ0) is 15.5. The zero-order valence-corrected chi connectivity index (χ0v) is 14.4. The zero-order valence-electron chi connectivity index (χ0n) is 12.0. The normalized spacial score (nSPS) is 23.0. The second-order valence-electron chi connectivity index (χ2n) is 5.33. The molecule has 2 atom stereocenters. The lowest BCUT2D eigenvalue weighted by Crippen LogP contribution is -2.34. The Bertz CT molecular complexity index is 590. The van der Waals surface area contributed by atoms with Gasteiger partial charge < -0.3 is 10.1 Å². The number of hydrogen-bond acceptors (Lipinski definition) is 4. The minimum Gasteiger partial charge on any atom is -0.381 e. The summed E-state index contributed by atoms with van der Waals surface area (Å²) in [6.45, 7) is 2.91. The van der Waals surface area contributed by atoms with E-state index in [1.807, 2.05) is 0 Å². The van der Waals surface area contributed by atoms with Crippen LogP contribution in [-0.2, 0) is 14.8 Å². The Labute approximate surface area is 134 Å². The van der Waals surface area contributed by atoms with Gasteiger partial charge in [-0.05, 0) is 53.4 Å². The molecule has 1 aromatic carbocycles. The van der Waals surface area contributed by atoms with Crippen molar-refractivity contribution in [2.24, 2.45) is 5.14 Å². The monoisotopic (exact) mass is 376 g/mol. The maximum atomic E-state index is 11.3. The Hall–Kier alpha value is -0.630. The van der Waals surface area contributed by atoms with Crippen LogP contribution in [-0.4, -0.2) is 27.2 Å². The summed E-state index contributed by atoms with van der Waals surface area (Å²) in [6.07, 6.45) is 4.41. The number of nitrogens with one attached hydrogen (secondary N) is 1. The molecule has 1 aliphatic heterocycles. The molecular formula is C14H21BrN2O3S. The lowest BCUT2D eigenvalue weighted by molar-refractivity contribution is 0.00597. The molecule has 1 saturated heterocycles. The van der Waals surface area contributed by atoms with Gasteiger partial charge in [0.1, 0.15) is 0 Å². The van der Waals surface area contributed by atoms with Crippen LogP contribution in [0, 0.1) is 0 Å². The van der Waals surface area contributed by atoms with E-state index in [9.17, 15) is 8.42 Å². The highest BCUT2D eigenvalue weighted by Gasteiger charge is 2.22. The van der Waals surface area contributed by atoms with Gasteiger partial charge in [0.05, 0.1) is 11.0 Å². The lowest BCUT2D eigenvalue weighted by atomic mass is 10.00. The Morgan fingerprint density at radius 2 is 2.24 bits per heavy atom. The number of nitrogens with two attached hydrogens (primary N) is 1. The van der Waals surface area contributed by atoms with E-state index in [-0.39, 0.29) is 4.90 Å². The fourth-order valence-electron chi connectivity index (χ4n) is 2.54. The molecule has 0 amide bonds. The molecule has 1 heterocycles. The van der Waals surface area contributed by atoms with Crippen molar-refractivity contribution in [1.82, 2.24) is 0 Å². The van der Waals surface area contributed by atoms with Gasteiger partial charge >= 0.3 is 0 Å². The summed E-state index contributed by atoms with van der Waals surface area (Å²) in [5, 5.41) is 8.58. The minimum absolute atomic E-state index is 0.107. The number of hydrogen-bond donors (Lipinski definition) is 2. The fraction of sp³-hybridized carbons (Fsp3) is 0.571. The van der Waals surface area contributed by atoms with E-state index >= 15 is 0 Å². The summed E-state index contributed by atoms with van der Waals surface area (Å²) in [6, 6.07) is 5.13. The molecule has 21 heavy (non-hydrogen) atoms. The Morgan fingerprint density at radius 3 is 2.86 bits per heavy atom. The van der Waals surface area contributed by atoms with Gasteiger partial charge in [-0.1, -0.05) is 13.3 Å². The van der Waals surface area contributed by atoms with E-state index in [2.05, 4.69) is 28.2 Å². The second-order valence-corrected chi connectivity index (χ2v) is 7.75. The summed E-state index contributed by atoms with van der Waals surface area (Å²) < 4.78 is 29.1. The maximum absolute atomic E-state index is 11.3. The van der Waals surface area contributed by atoms with Crippen molar-refractivity contribution in [3.8, 4) is 0 Å². The third-order valence-corrected chi connectivity index (χ3v) is 5.17. The van der Waals surface area contributed by atoms with Crippen LogP contribution in [0.4, 0.5) is 5.69 Å². The molecule has 1 aromatic rings. The van der Waals surface area contributed by atoms with Gasteiger partial charge in [0.2, 0.25) is 10.0 Å². The maximum Gasteiger partial charge on any atom is 0.238 e. The van der Waals surface area contributed by atoms with Crippen molar-refractivity contribution in [3.05, 3.63) is 22.7 Å². The molecule has 0 aromatic heterocycles. The Morgan fingerprint density at radius 1 is 1.48 bits per heavy atom. The van der Waals surface area contributed by atoms with Gasteiger partial charge in [0.25, 0.3) is 0 Å². The predicted octanol–water partition coefficient (Wildman–Crippen LogP) is 2.86. The topological polar surface area (TPSA) is 81.4 Å². The molecule has 2 rings (SSSR count). The molecule has 0 saturated carbocycles. The van der Waals surface area contributed by atoms with E-state index < -0.39 is 10.0 Å². The molecule has 0 radical (unpaired) electrons. The fourth-order valence-corrected chi connectivity index (χ4v) is 3.73. The van der Waals surface area contributed by atoms with Gasteiger partial charge in [-0.25, -0.2) is 13.6 Å². The Kier molecular flexibility index (Phi) is 5.65. The van der Waals surface area contributed by atoms with Crippen molar-refractivity contribution in [2.75, 3.05) is 11.9 Å². The van der Waals surface area contributed by atoms with Crippen LogP contribution in [0.3, 0.4) is 0 Å². The molecule has 1 aliphatic rings. The second kappa shape index (κ2) is 7.09. The van der Waals surface area contributed by atoms with Crippen LogP contribution in [0.15, 0.2) is 27.6 Å². The molecule has 118 valence electrons. The van der Waals surface area contributed by atoms with Crippen molar-refractivity contribution in [1.29, 1.82) is 0 Å². The van der Waals surface area contributed by atoms with Gasteiger partial charge in [-0.2, -0.15) is 0 Å². The average Bonchev–Trinajstić information content (AvgIpc) is 2.41. The van der Waals surface area contributed by atoms with Gasteiger partial charge in [0, 0.05) is 22.8 Å². The minimum atomic E-state index is -3.67. The molecule has 2 unspecified atom stereocenters. The molecule has 0 aliphatic carbocycles. The summed E-state index contributed by atoms with van der Waals surface area (Å²) in [5.41, 5.74) is 0.879. The van der Waals surface area contributed by atoms with Gasteiger partial charge in [0.15, 0.2) is 0 Å². The third kappa shape index (κ3) is 4.67. The number of benzene rings is 1. The Balaban J connectivity index is 2.06. The number of primary sulfonamides is 1. The van der Waals surface area contributed by atoms with E-state index in [1.54, 1.807) is 6.07 Å². The number of sulfonamides is 1. The smallest absolute Gasteiger partial charge is 0.238 e. The molecule has 1 fully saturated rings. The largest absolute Gasteiger partial charge is 0.381 e. The van der Waals surface area contributed by atoms with Crippen molar-refractivity contribution < 1.29 is 13.2 Å². The number of ether oxygens (including phenoxy) is 1. The molecular weight excluding hydrogens is 356 g/mol. The average molecular weight is 377 g/mol. The van der Waals surface area contributed by atoms with E-state index in [0.29, 0.717) is 16.6 Å². The van der Waals surface area contributed by atoms with E-state index in [1.165, 1.54) is 12.1 Å². The molecule has 5 nitrogen and oxygen atoms in total. The summed E-state index contributed by atoms with van der Waals surface area (Å²) >= 11 is 3.40. The van der Waals surface area contributed by atoms with Crippen molar-refractivity contribution in [3.63, 3.8) is 0 Å². The van der Waals surface area contributed by atoms with Crippen molar-refractivity contribution >= 4 is 31.6 Å². The van der Waals surface area contributed by atoms with E-state index in [4.69, 9.17) is 9.88 Å². The van der Waals surface area contributed by atoms with Crippen LogP contribution in [0.1, 0.15) is 32.6 Å². The predicted molar refractivity (Wildman–Crippen MR) is 86.8 cm³/mol. The van der Waals surface area contributed by atoms with Crippen LogP contribution >= 0.6 is 15.9 Å². The highest BCUT2D eigenvalue weighted by atomic mass is 79.9. The SMILES string of the molecule is CCCC1CC(Nc2ccc(S(N)(=O)=O)cc2Br)CCO1. The van der Waals surface area contributed by atoms with Crippen LogP contribution in [0.5, 0.6) is 0 Å². The van der Waals surface area contributed by atoms with Gasteiger partial charge in [-0.15, -0.1) is 0 Å². The van der Waals surface area contributed by atoms with E-state index in [0.717, 1.165) is 38.0 Å². The first-order chi connectivity index (χ1) is 9.90. The van der Waals surface area contributed by atoms with Crippen LogP contribution in [0.25, 0.3) is 0 Å². The molecule has 0 spiro atoms. The molecule has 0 bridgehead atoms. The standard InChI is InChI=1S/C14H21BrN2O3S/c1-2-3-11-8-10(6-7-20-11)17-14-5-4-12(9-13(14)15)21(16,18)19/h4-5,9-11,17H,2-3,6-8H2,1H3,(H2,16,18,19). The molecule has 7 heteroatoms. The highest BCUT2D eigenvalue weighted by Crippen LogP contribution is 2.28. The number of anilines is 1. The molecule has 3 N–H and O–H groups in total. The first kappa shape index (κ1) is 16.7. The van der Waals surface area contributed by atoms with Crippen LogP contribution in [0.2, 0.25) is 0 Å². The summed E-state index contributed by atoms with van der Waals surface area (Å²) in [5.74, 6) is 0. The quantitative estimate of drug-likeness (QED) is 0.827. The first-order valence-corrected chi connectivity index (χ1v) is 9.44. The third-order valence-electron chi connectivity index (χ3n) is 3.61. The summed E-state index contributed by atoms with van der Waals surface area (Å²) in [7, 11) is -3.67. The first-order valence-electron chi connectivity index (χ1n) is 7.10. The van der Waals surface area contributed by atoms with Gasteiger partial charge in [-0.3, -0.25) is 0 Å². The van der Waals surface area contributed by atoms with Crippen LogP contribution < -0.4 is 10.5 Å². The number of rotatable bonds is 5.